The second kappa shape index (κ2) is 8.17. The molecule has 2 amide bonds. The van der Waals surface area contributed by atoms with Crippen LogP contribution < -0.4 is 10.2 Å². The lowest BCUT2D eigenvalue weighted by molar-refractivity contribution is -0.120. The zero-order valence-electron chi connectivity index (χ0n) is 16.7. The summed E-state index contributed by atoms with van der Waals surface area (Å²) in [5.41, 5.74) is 3.17. The number of nitrogens with zero attached hydrogens (tertiary/aromatic N) is 1. The molecule has 0 saturated heterocycles. The molecular formula is C24H17Cl2FN2O2. The van der Waals surface area contributed by atoms with Crippen molar-refractivity contribution in [1.29, 1.82) is 0 Å². The molecule has 0 saturated carbocycles. The fourth-order valence-corrected chi connectivity index (χ4v) is 3.73. The number of imide groups is 1. The molecule has 0 atom stereocenters. The van der Waals surface area contributed by atoms with Gasteiger partial charge in [0.05, 0.1) is 11.3 Å². The Bertz CT molecular complexity index is 1250. The Balaban J connectivity index is 1.85. The molecule has 0 unspecified atom stereocenters. The van der Waals surface area contributed by atoms with E-state index in [1.165, 1.54) is 24.3 Å². The Morgan fingerprint density at radius 3 is 2.19 bits per heavy atom. The van der Waals surface area contributed by atoms with Crippen LogP contribution in [0.2, 0.25) is 10.0 Å². The van der Waals surface area contributed by atoms with Crippen LogP contribution in [0.25, 0.3) is 5.57 Å². The molecule has 31 heavy (non-hydrogen) atoms. The molecule has 156 valence electrons. The van der Waals surface area contributed by atoms with Crippen molar-refractivity contribution in [3.05, 3.63) is 98.9 Å². The first kappa shape index (κ1) is 21.1. The lowest BCUT2D eigenvalue weighted by Gasteiger charge is -2.18. The van der Waals surface area contributed by atoms with Gasteiger partial charge in [-0.1, -0.05) is 47.5 Å². The number of carbonyl (C=O) groups is 2. The van der Waals surface area contributed by atoms with Crippen molar-refractivity contribution in [2.24, 2.45) is 0 Å². The monoisotopic (exact) mass is 454 g/mol. The Hall–Kier alpha value is -3.15. The summed E-state index contributed by atoms with van der Waals surface area (Å²) in [4.78, 5) is 27.9. The van der Waals surface area contributed by atoms with E-state index >= 15 is 0 Å². The molecule has 1 heterocycles. The molecule has 7 heteroatoms. The minimum absolute atomic E-state index is 0.0795. The number of aryl methyl sites for hydroxylation is 2. The van der Waals surface area contributed by atoms with Gasteiger partial charge in [0.25, 0.3) is 11.8 Å². The van der Waals surface area contributed by atoms with Gasteiger partial charge in [0, 0.05) is 15.7 Å². The zero-order chi connectivity index (χ0) is 22.3. The van der Waals surface area contributed by atoms with Crippen molar-refractivity contribution in [2.45, 2.75) is 13.8 Å². The number of carbonyl (C=O) groups excluding carboxylic acids is 2. The van der Waals surface area contributed by atoms with Crippen LogP contribution in [0.3, 0.4) is 0 Å². The molecule has 3 aromatic carbocycles. The standard InChI is InChI=1S/C24H17Cl2FN2O2/c1-13-4-10-18(12-19(13)26)28-22-21(15-5-8-17(27)9-6-15)23(30)29(24(22)31)20-11-16(25)7-3-14(20)2/h3-12,28H,1-2H3. The van der Waals surface area contributed by atoms with Crippen LogP contribution in [0.5, 0.6) is 0 Å². The van der Waals surface area contributed by atoms with Gasteiger partial charge in [0.15, 0.2) is 0 Å². The van der Waals surface area contributed by atoms with Gasteiger partial charge in [0.1, 0.15) is 11.5 Å². The summed E-state index contributed by atoms with van der Waals surface area (Å²) in [6, 6.07) is 15.7. The summed E-state index contributed by atoms with van der Waals surface area (Å²) >= 11 is 12.3. The first-order valence-corrected chi connectivity index (χ1v) is 10.2. The topological polar surface area (TPSA) is 49.4 Å². The minimum atomic E-state index is -0.536. The Kier molecular flexibility index (Phi) is 5.56. The number of amides is 2. The van der Waals surface area contributed by atoms with Gasteiger partial charge in [-0.2, -0.15) is 0 Å². The van der Waals surface area contributed by atoms with Gasteiger partial charge >= 0.3 is 0 Å². The second-order valence-corrected chi connectivity index (χ2v) is 8.07. The molecule has 1 aliphatic heterocycles. The largest absolute Gasteiger partial charge is 0.350 e. The maximum Gasteiger partial charge on any atom is 0.282 e. The average Bonchev–Trinajstić information content (AvgIpc) is 2.97. The number of anilines is 2. The summed E-state index contributed by atoms with van der Waals surface area (Å²) in [7, 11) is 0. The van der Waals surface area contributed by atoms with Crippen LogP contribution in [-0.4, -0.2) is 11.8 Å². The van der Waals surface area contributed by atoms with Crippen LogP contribution >= 0.6 is 23.2 Å². The molecule has 0 aliphatic carbocycles. The molecular weight excluding hydrogens is 438 g/mol. The van der Waals surface area contributed by atoms with E-state index in [1.807, 2.05) is 13.0 Å². The first-order chi connectivity index (χ1) is 14.8. The number of hydrogen-bond acceptors (Lipinski definition) is 3. The summed E-state index contributed by atoms with van der Waals surface area (Å²) < 4.78 is 13.5. The molecule has 4 nitrogen and oxygen atoms in total. The summed E-state index contributed by atoms with van der Waals surface area (Å²) in [6.45, 7) is 3.65. The van der Waals surface area contributed by atoms with E-state index in [0.29, 0.717) is 32.5 Å². The van der Waals surface area contributed by atoms with Crippen LogP contribution in [0.4, 0.5) is 15.8 Å². The number of rotatable bonds is 4. The van der Waals surface area contributed by atoms with Crippen LogP contribution in [0.15, 0.2) is 66.4 Å². The molecule has 3 aromatic rings. The van der Waals surface area contributed by atoms with Gasteiger partial charge in [-0.05, 0) is 66.9 Å². The lowest BCUT2D eigenvalue weighted by Crippen LogP contribution is -2.33. The van der Waals surface area contributed by atoms with Crippen LogP contribution in [-0.2, 0) is 9.59 Å². The molecule has 1 N–H and O–H groups in total. The summed E-state index contributed by atoms with van der Waals surface area (Å²) in [5, 5.41) is 3.96. The molecule has 0 radical (unpaired) electrons. The zero-order valence-corrected chi connectivity index (χ0v) is 18.2. The third-order valence-electron chi connectivity index (χ3n) is 5.07. The Morgan fingerprint density at radius 1 is 0.839 bits per heavy atom. The minimum Gasteiger partial charge on any atom is -0.350 e. The van der Waals surface area contributed by atoms with E-state index in [9.17, 15) is 14.0 Å². The predicted octanol–water partition coefficient (Wildman–Crippen LogP) is 6.15. The second-order valence-electron chi connectivity index (χ2n) is 7.22. The highest BCUT2D eigenvalue weighted by Gasteiger charge is 2.41. The molecule has 1 aliphatic rings. The number of nitrogens with one attached hydrogen (secondary N) is 1. The smallest absolute Gasteiger partial charge is 0.282 e. The maximum atomic E-state index is 13.5. The summed E-state index contributed by atoms with van der Waals surface area (Å²) in [6.07, 6.45) is 0. The molecule has 0 spiro atoms. The van der Waals surface area contributed by atoms with Crippen molar-refractivity contribution in [1.82, 2.24) is 0 Å². The van der Waals surface area contributed by atoms with Crippen molar-refractivity contribution in [2.75, 3.05) is 10.2 Å². The lowest BCUT2D eigenvalue weighted by atomic mass is 10.0. The maximum absolute atomic E-state index is 13.5. The van der Waals surface area contributed by atoms with E-state index in [-0.39, 0.29) is 11.3 Å². The normalized spacial score (nSPS) is 13.9. The SMILES string of the molecule is Cc1ccc(NC2=C(c3ccc(F)cc3)C(=O)N(c3cc(Cl)ccc3C)C2=O)cc1Cl. The van der Waals surface area contributed by atoms with Crippen LogP contribution in [0.1, 0.15) is 16.7 Å². The molecule has 0 fully saturated rings. The third kappa shape index (κ3) is 3.94. The predicted molar refractivity (Wildman–Crippen MR) is 122 cm³/mol. The van der Waals surface area contributed by atoms with Gasteiger partial charge in [0.2, 0.25) is 0 Å². The van der Waals surface area contributed by atoms with E-state index in [1.54, 1.807) is 37.3 Å². The fraction of sp³-hybridized carbons (Fsp3) is 0.0833. The van der Waals surface area contributed by atoms with E-state index in [0.717, 1.165) is 10.5 Å². The fourth-order valence-electron chi connectivity index (χ4n) is 3.39. The van der Waals surface area contributed by atoms with E-state index in [4.69, 9.17) is 23.2 Å². The van der Waals surface area contributed by atoms with Crippen LogP contribution in [0, 0.1) is 19.7 Å². The highest BCUT2D eigenvalue weighted by Crippen LogP contribution is 2.36. The van der Waals surface area contributed by atoms with Gasteiger partial charge < -0.3 is 5.32 Å². The van der Waals surface area contributed by atoms with E-state index in [2.05, 4.69) is 5.32 Å². The molecule has 0 bridgehead atoms. The van der Waals surface area contributed by atoms with Gasteiger partial charge in [-0.15, -0.1) is 0 Å². The highest BCUT2D eigenvalue weighted by molar-refractivity contribution is 6.46. The number of benzene rings is 3. The quantitative estimate of drug-likeness (QED) is 0.481. The van der Waals surface area contributed by atoms with E-state index < -0.39 is 17.6 Å². The third-order valence-corrected chi connectivity index (χ3v) is 5.71. The van der Waals surface area contributed by atoms with Crippen molar-refractivity contribution < 1.29 is 14.0 Å². The highest BCUT2D eigenvalue weighted by atomic mass is 35.5. The summed E-state index contributed by atoms with van der Waals surface area (Å²) in [5.74, 6) is -1.50. The average molecular weight is 455 g/mol. The Labute approximate surface area is 188 Å². The molecule has 0 aromatic heterocycles. The van der Waals surface area contributed by atoms with Crippen molar-refractivity contribution in [3.8, 4) is 0 Å². The van der Waals surface area contributed by atoms with Gasteiger partial charge in [-0.25, -0.2) is 9.29 Å². The van der Waals surface area contributed by atoms with Crippen molar-refractivity contribution in [3.63, 3.8) is 0 Å². The van der Waals surface area contributed by atoms with Crippen molar-refractivity contribution >= 4 is 52.0 Å². The van der Waals surface area contributed by atoms with Gasteiger partial charge in [-0.3, -0.25) is 9.59 Å². The number of halogens is 3. The molecule has 4 rings (SSSR count). The first-order valence-electron chi connectivity index (χ1n) is 9.44. The Morgan fingerprint density at radius 2 is 1.52 bits per heavy atom. The number of hydrogen-bond donors (Lipinski definition) is 1.